The predicted octanol–water partition coefficient (Wildman–Crippen LogP) is 2.47. The molecule has 0 fully saturated rings. The highest BCUT2D eigenvalue weighted by Gasteiger charge is 2.31. The van der Waals surface area contributed by atoms with Crippen LogP contribution in [0.5, 0.6) is 5.75 Å². The zero-order chi connectivity index (χ0) is 16.1. The van der Waals surface area contributed by atoms with Crippen LogP contribution in [0.2, 0.25) is 0 Å². The van der Waals surface area contributed by atoms with Gasteiger partial charge in [-0.05, 0) is 37.3 Å². The van der Waals surface area contributed by atoms with Crippen LogP contribution in [-0.4, -0.2) is 21.9 Å². The molecule has 0 unspecified atom stereocenters. The van der Waals surface area contributed by atoms with Gasteiger partial charge in [-0.1, -0.05) is 6.07 Å². The number of halogens is 1. The summed E-state index contributed by atoms with van der Waals surface area (Å²) in [5.74, 6) is -0.571. The normalized spacial score (nSPS) is 12.3. The second-order valence-electron chi connectivity index (χ2n) is 5.15. The van der Waals surface area contributed by atoms with Crippen molar-refractivity contribution in [1.82, 2.24) is 9.55 Å². The van der Waals surface area contributed by atoms with Crippen molar-refractivity contribution in [3.05, 3.63) is 64.0 Å². The third kappa shape index (κ3) is 1.81. The molecule has 2 aromatic carbocycles. The Labute approximate surface area is 130 Å². The van der Waals surface area contributed by atoms with E-state index in [0.717, 1.165) is 6.07 Å². The molecule has 0 saturated heterocycles. The number of benzene rings is 2. The molecule has 4 rings (SSSR count). The van der Waals surface area contributed by atoms with Crippen molar-refractivity contribution in [3.63, 3.8) is 0 Å². The van der Waals surface area contributed by atoms with E-state index in [1.54, 1.807) is 18.2 Å². The minimum absolute atomic E-state index is 0.0183. The molecule has 1 aliphatic heterocycles. The highest BCUT2D eigenvalue weighted by Crippen LogP contribution is 2.29. The van der Waals surface area contributed by atoms with Crippen LogP contribution in [0.25, 0.3) is 16.6 Å². The summed E-state index contributed by atoms with van der Waals surface area (Å²) in [6, 6.07) is 8.79. The molecule has 0 atom stereocenters. The molecule has 0 bridgehead atoms. The zero-order valence-corrected chi connectivity index (χ0v) is 12.2. The number of ketones is 1. The van der Waals surface area contributed by atoms with Crippen LogP contribution >= 0.6 is 0 Å². The topological polar surface area (TPSA) is 61.2 Å². The Hall–Kier alpha value is -3.02. The number of carbonyl (C=O) groups excluding carboxylic acids is 1. The van der Waals surface area contributed by atoms with Gasteiger partial charge in [0.2, 0.25) is 5.78 Å². The average molecular weight is 310 g/mol. The van der Waals surface area contributed by atoms with Crippen molar-refractivity contribution in [2.24, 2.45) is 0 Å². The lowest BCUT2D eigenvalue weighted by atomic mass is 10.1. The fourth-order valence-electron chi connectivity index (χ4n) is 2.84. The molecular weight excluding hydrogens is 299 g/mol. The Morgan fingerprint density at radius 3 is 2.83 bits per heavy atom. The largest absolute Gasteiger partial charge is 0.492 e. The molecule has 1 aliphatic rings. The van der Waals surface area contributed by atoms with Gasteiger partial charge in [-0.2, -0.15) is 0 Å². The molecule has 0 aliphatic carbocycles. The summed E-state index contributed by atoms with van der Waals surface area (Å²) in [5, 5.41) is 0.352. The Kier molecular flexibility index (Phi) is 2.81. The van der Waals surface area contributed by atoms with Gasteiger partial charge in [0.05, 0.1) is 23.2 Å². The highest BCUT2D eigenvalue weighted by atomic mass is 19.1. The summed E-state index contributed by atoms with van der Waals surface area (Å²) in [7, 11) is 0. The first-order chi connectivity index (χ1) is 11.1. The molecule has 0 radical (unpaired) electrons. The van der Waals surface area contributed by atoms with E-state index in [-0.39, 0.29) is 16.9 Å². The van der Waals surface area contributed by atoms with Gasteiger partial charge in [0.1, 0.15) is 17.1 Å². The first kappa shape index (κ1) is 13.6. The fraction of sp³-hybridized carbons (Fsp3) is 0.118. The molecule has 0 amide bonds. The van der Waals surface area contributed by atoms with E-state index < -0.39 is 11.6 Å². The van der Waals surface area contributed by atoms with Gasteiger partial charge in [-0.3, -0.25) is 14.2 Å². The van der Waals surface area contributed by atoms with Crippen LogP contribution in [0.3, 0.4) is 0 Å². The summed E-state index contributed by atoms with van der Waals surface area (Å²) in [5.41, 5.74) is 0.466. The number of carbonyl (C=O) groups is 1. The molecule has 5 nitrogen and oxygen atoms in total. The molecule has 2 heterocycles. The molecule has 6 heteroatoms. The number of fused-ring (bicyclic) bond motifs is 4. The number of aromatic nitrogens is 2. The maximum Gasteiger partial charge on any atom is 0.266 e. The van der Waals surface area contributed by atoms with Crippen LogP contribution < -0.4 is 10.3 Å². The van der Waals surface area contributed by atoms with Crippen molar-refractivity contribution < 1.29 is 13.9 Å². The predicted molar refractivity (Wildman–Crippen MR) is 81.9 cm³/mol. The third-order valence-corrected chi connectivity index (χ3v) is 3.81. The molecule has 0 spiro atoms. The minimum Gasteiger partial charge on any atom is -0.492 e. The maximum atomic E-state index is 13.4. The summed E-state index contributed by atoms with van der Waals surface area (Å²) in [6.45, 7) is 2.24. The molecule has 1 aromatic heterocycles. The smallest absolute Gasteiger partial charge is 0.266 e. The second kappa shape index (κ2) is 4.74. The quantitative estimate of drug-likeness (QED) is 0.570. The Bertz CT molecular complexity index is 1040. The lowest BCUT2D eigenvalue weighted by Gasteiger charge is -2.09. The van der Waals surface area contributed by atoms with Crippen LogP contribution in [0, 0.1) is 5.82 Å². The second-order valence-corrected chi connectivity index (χ2v) is 5.15. The Balaban J connectivity index is 2.11. The lowest BCUT2D eigenvalue weighted by molar-refractivity contribution is 0.103. The van der Waals surface area contributed by atoms with E-state index in [1.165, 1.54) is 16.7 Å². The van der Waals surface area contributed by atoms with E-state index in [0.29, 0.717) is 28.9 Å². The summed E-state index contributed by atoms with van der Waals surface area (Å²) in [4.78, 5) is 29.6. The van der Waals surface area contributed by atoms with Gasteiger partial charge in [0.15, 0.2) is 5.82 Å². The number of ether oxygens (including phenoxy) is 1. The fourth-order valence-corrected chi connectivity index (χ4v) is 2.84. The van der Waals surface area contributed by atoms with Gasteiger partial charge in [-0.25, -0.2) is 9.37 Å². The summed E-state index contributed by atoms with van der Waals surface area (Å²) in [6.07, 6.45) is 0. The molecule has 114 valence electrons. The van der Waals surface area contributed by atoms with E-state index in [1.807, 2.05) is 6.92 Å². The molecular formula is C17H11FN2O3. The first-order valence-corrected chi connectivity index (χ1v) is 7.15. The van der Waals surface area contributed by atoms with Gasteiger partial charge in [0, 0.05) is 0 Å². The zero-order valence-electron chi connectivity index (χ0n) is 12.2. The number of para-hydroxylation sites is 1. The molecule has 23 heavy (non-hydrogen) atoms. The molecule has 0 saturated carbocycles. The number of hydrogen-bond acceptors (Lipinski definition) is 4. The van der Waals surface area contributed by atoms with Crippen molar-refractivity contribution in [1.29, 1.82) is 0 Å². The van der Waals surface area contributed by atoms with Crippen molar-refractivity contribution >= 4 is 16.7 Å². The number of hydrogen-bond donors (Lipinski definition) is 0. The Morgan fingerprint density at radius 1 is 1.22 bits per heavy atom. The molecule has 3 aromatic rings. The van der Waals surface area contributed by atoms with Gasteiger partial charge >= 0.3 is 0 Å². The summed E-state index contributed by atoms with van der Waals surface area (Å²) >= 11 is 0. The van der Waals surface area contributed by atoms with Gasteiger partial charge < -0.3 is 4.74 Å². The number of nitrogens with zero attached hydrogens (tertiary/aromatic N) is 2. The van der Waals surface area contributed by atoms with Crippen molar-refractivity contribution in [3.8, 4) is 11.4 Å². The van der Waals surface area contributed by atoms with Crippen LogP contribution in [0.15, 0.2) is 41.2 Å². The number of rotatable bonds is 2. The SMILES string of the molecule is CCOc1cccc2c(=O)n3c(nc12)C(=O)c1cc(F)ccc1-3. The maximum absolute atomic E-state index is 13.4. The Morgan fingerprint density at radius 2 is 2.04 bits per heavy atom. The van der Waals surface area contributed by atoms with Crippen LogP contribution in [0.4, 0.5) is 4.39 Å². The van der Waals surface area contributed by atoms with Crippen LogP contribution in [0.1, 0.15) is 23.1 Å². The molecule has 0 N–H and O–H groups in total. The van der Waals surface area contributed by atoms with E-state index in [9.17, 15) is 14.0 Å². The van der Waals surface area contributed by atoms with Crippen LogP contribution in [-0.2, 0) is 0 Å². The van der Waals surface area contributed by atoms with Gasteiger partial charge in [-0.15, -0.1) is 0 Å². The van der Waals surface area contributed by atoms with Crippen molar-refractivity contribution in [2.75, 3.05) is 6.61 Å². The van der Waals surface area contributed by atoms with E-state index in [4.69, 9.17) is 4.74 Å². The van der Waals surface area contributed by atoms with Gasteiger partial charge in [0.25, 0.3) is 5.56 Å². The van der Waals surface area contributed by atoms with Crippen molar-refractivity contribution in [2.45, 2.75) is 6.92 Å². The lowest BCUT2D eigenvalue weighted by Crippen LogP contribution is -2.21. The monoisotopic (exact) mass is 310 g/mol. The van der Waals surface area contributed by atoms with E-state index >= 15 is 0 Å². The first-order valence-electron chi connectivity index (χ1n) is 7.15. The average Bonchev–Trinajstić information content (AvgIpc) is 2.82. The van der Waals surface area contributed by atoms with E-state index in [2.05, 4.69) is 4.98 Å². The standard InChI is InChI=1S/C17H11FN2O3/c1-2-23-13-5-3-4-10-14(13)19-16-15(21)11-8-9(18)6-7-12(11)20(16)17(10)22/h3-8H,2H2,1H3. The highest BCUT2D eigenvalue weighted by molar-refractivity contribution is 6.13. The minimum atomic E-state index is -0.530. The third-order valence-electron chi connectivity index (χ3n) is 3.81. The summed E-state index contributed by atoms with van der Waals surface area (Å²) < 4.78 is 20.1.